The molecule has 0 heterocycles. The average Bonchev–Trinajstić information content (AvgIpc) is 2.25. The van der Waals surface area contributed by atoms with Gasteiger partial charge in [0.2, 0.25) is 0 Å². The van der Waals surface area contributed by atoms with Gasteiger partial charge in [0.1, 0.15) is 11.5 Å². The van der Waals surface area contributed by atoms with E-state index < -0.39 is 10.7 Å². The number of halogens is 1. The molecule has 0 radical (unpaired) electrons. The molecular formula is C10H10FN3O2. The Labute approximate surface area is 91.9 Å². The molecule has 0 unspecified atom stereocenters. The molecule has 0 amide bonds. The third-order valence-corrected chi connectivity index (χ3v) is 2.10. The van der Waals surface area contributed by atoms with Gasteiger partial charge < -0.3 is 4.90 Å². The van der Waals surface area contributed by atoms with E-state index in [1.165, 1.54) is 4.90 Å². The molecule has 0 aliphatic heterocycles. The van der Waals surface area contributed by atoms with Crippen molar-refractivity contribution < 1.29 is 9.31 Å². The first kappa shape index (κ1) is 11.9. The van der Waals surface area contributed by atoms with Gasteiger partial charge in [0, 0.05) is 25.7 Å². The first-order valence-electron chi connectivity index (χ1n) is 4.58. The zero-order valence-electron chi connectivity index (χ0n) is 8.68. The Balaban J connectivity index is 3.05. The summed E-state index contributed by atoms with van der Waals surface area (Å²) in [7, 11) is 1.58. The molecule has 16 heavy (non-hydrogen) atoms. The highest BCUT2D eigenvalue weighted by atomic mass is 19.1. The van der Waals surface area contributed by atoms with Gasteiger partial charge in [-0.15, -0.1) is 0 Å². The van der Waals surface area contributed by atoms with Crippen molar-refractivity contribution in [2.75, 3.05) is 18.5 Å². The molecule has 0 spiro atoms. The first-order chi connectivity index (χ1) is 7.56. The summed E-state index contributed by atoms with van der Waals surface area (Å²) in [5.74, 6) is -0.538. The number of anilines is 1. The van der Waals surface area contributed by atoms with E-state index in [9.17, 15) is 14.5 Å². The summed E-state index contributed by atoms with van der Waals surface area (Å²) in [5.41, 5.74) is 0.0158. The van der Waals surface area contributed by atoms with Crippen molar-refractivity contribution in [3.8, 4) is 6.07 Å². The SMILES string of the molecule is CN(CCC#N)c1cc(F)ccc1[N+](=O)[O-]. The van der Waals surface area contributed by atoms with Crippen LogP contribution in [0.3, 0.4) is 0 Å². The Morgan fingerprint density at radius 1 is 1.62 bits per heavy atom. The summed E-state index contributed by atoms with van der Waals surface area (Å²) in [6.45, 7) is 0.320. The normalized spacial score (nSPS) is 9.56. The quantitative estimate of drug-likeness (QED) is 0.578. The van der Waals surface area contributed by atoms with Crippen LogP contribution in [0.15, 0.2) is 18.2 Å². The summed E-state index contributed by atoms with van der Waals surface area (Å²) in [6.07, 6.45) is 0.226. The van der Waals surface area contributed by atoms with Crippen LogP contribution in [0.25, 0.3) is 0 Å². The maximum Gasteiger partial charge on any atom is 0.292 e. The number of nitro benzene ring substituents is 1. The third-order valence-electron chi connectivity index (χ3n) is 2.10. The lowest BCUT2D eigenvalue weighted by Gasteiger charge is -2.17. The number of nitro groups is 1. The summed E-state index contributed by atoms with van der Waals surface area (Å²) >= 11 is 0. The Hall–Kier alpha value is -2.16. The molecule has 5 nitrogen and oxygen atoms in total. The molecule has 0 N–H and O–H groups in total. The summed E-state index contributed by atoms with van der Waals surface area (Å²) in [6, 6.07) is 5.18. The highest BCUT2D eigenvalue weighted by Crippen LogP contribution is 2.27. The molecule has 0 atom stereocenters. The minimum Gasteiger partial charge on any atom is -0.368 e. The molecule has 0 aliphatic rings. The van der Waals surface area contributed by atoms with Gasteiger partial charge >= 0.3 is 0 Å². The highest BCUT2D eigenvalue weighted by Gasteiger charge is 2.17. The minimum absolute atomic E-state index is 0.165. The largest absolute Gasteiger partial charge is 0.368 e. The van der Waals surface area contributed by atoms with E-state index >= 15 is 0 Å². The molecule has 0 saturated heterocycles. The van der Waals surface area contributed by atoms with E-state index in [-0.39, 0.29) is 17.8 Å². The van der Waals surface area contributed by atoms with Crippen LogP contribution in [-0.4, -0.2) is 18.5 Å². The van der Waals surface area contributed by atoms with Crippen molar-refractivity contribution in [3.05, 3.63) is 34.1 Å². The molecular weight excluding hydrogens is 213 g/mol. The lowest BCUT2D eigenvalue weighted by atomic mass is 10.2. The van der Waals surface area contributed by atoms with Gasteiger partial charge in [0.15, 0.2) is 0 Å². The second kappa shape index (κ2) is 5.07. The van der Waals surface area contributed by atoms with Crippen molar-refractivity contribution in [2.24, 2.45) is 0 Å². The van der Waals surface area contributed by atoms with E-state index in [0.29, 0.717) is 6.54 Å². The van der Waals surface area contributed by atoms with Crippen molar-refractivity contribution >= 4 is 11.4 Å². The van der Waals surface area contributed by atoms with Gasteiger partial charge in [-0.1, -0.05) is 0 Å². The summed E-state index contributed by atoms with van der Waals surface area (Å²) < 4.78 is 13.0. The zero-order valence-corrected chi connectivity index (χ0v) is 8.68. The number of hydrogen-bond donors (Lipinski definition) is 0. The summed E-state index contributed by atoms with van der Waals surface area (Å²) in [5, 5.41) is 19.1. The second-order valence-corrected chi connectivity index (χ2v) is 3.22. The maximum atomic E-state index is 13.0. The van der Waals surface area contributed by atoms with Crippen LogP contribution in [-0.2, 0) is 0 Å². The van der Waals surface area contributed by atoms with Crippen molar-refractivity contribution in [1.29, 1.82) is 5.26 Å². The van der Waals surface area contributed by atoms with Crippen LogP contribution in [0.5, 0.6) is 0 Å². The van der Waals surface area contributed by atoms with E-state index in [1.807, 2.05) is 6.07 Å². The van der Waals surface area contributed by atoms with E-state index in [0.717, 1.165) is 18.2 Å². The number of hydrogen-bond acceptors (Lipinski definition) is 4. The average molecular weight is 223 g/mol. The standard InChI is InChI=1S/C10H10FN3O2/c1-13(6-2-5-12)10-7-8(11)3-4-9(10)14(15)16/h3-4,7H,2,6H2,1H3. The lowest BCUT2D eigenvalue weighted by Crippen LogP contribution is -2.19. The van der Waals surface area contributed by atoms with Crippen molar-refractivity contribution in [2.45, 2.75) is 6.42 Å². The highest BCUT2D eigenvalue weighted by molar-refractivity contribution is 5.62. The molecule has 84 valence electrons. The molecule has 0 aliphatic carbocycles. The van der Waals surface area contributed by atoms with Crippen LogP contribution >= 0.6 is 0 Å². The molecule has 0 fully saturated rings. The number of nitrogens with zero attached hydrogens (tertiary/aromatic N) is 3. The number of rotatable bonds is 4. The van der Waals surface area contributed by atoms with Crippen LogP contribution in [0.1, 0.15) is 6.42 Å². The minimum atomic E-state index is -0.572. The van der Waals surface area contributed by atoms with Gasteiger partial charge in [-0.05, 0) is 6.07 Å². The zero-order chi connectivity index (χ0) is 12.1. The van der Waals surface area contributed by atoms with Gasteiger partial charge in [0.25, 0.3) is 5.69 Å². The predicted octanol–water partition coefficient (Wildman–Crippen LogP) is 2.08. The summed E-state index contributed by atoms with van der Waals surface area (Å²) in [4.78, 5) is 11.6. The lowest BCUT2D eigenvalue weighted by molar-refractivity contribution is -0.384. The first-order valence-corrected chi connectivity index (χ1v) is 4.58. The predicted molar refractivity (Wildman–Crippen MR) is 56.6 cm³/mol. The Kier molecular flexibility index (Phi) is 3.78. The maximum absolute atomic E-state index is 13.0. The van der Waals surface area contributed by atoms with Crippen LogP contribution in [0.2, 0.25) is 0 Å². The van der Waals surface area contributed by atoms with Gasteiger partial charge in [-0.2, -0.15) is 5.26 Å². The van der Waals surface area contributed by atoms with Gasteiger partial charge in [0.05, 0.1) is 17.4 Å². The van der Waals surface area contributed by atoms with Crippen LogP contribution in [0, 0.1) is 27.3 Å². The molecule has 6 heteroatoms. The molecule has 1 rings (SSSR count). The Bertz CT molecular complexity index is 442. The van der Waals surface area contributed by atoms with E-state index in [1.54, 1.807) is 7.05 Å². The Morgan fingerprint density at radius 2 is 2.31 bits per heavy atom. The van der Waals surface area contributed by atoms with Crippen LogP contribution in [0.4, 0.5) is 15.8 Å². The second-order valence-electron chi connectivity index (χ2n) is 3.22. The fourth-order valence-corrected chi connectivity index (χ4v) is 1.29. The number of benzene rings is 1. The third kappa shape index (κ3) is 2.67. The molecule has 0 aromatic heterocycles. The smallest absolute Gasteiger partial charge is 0.292 e. The molecule has 0 bridgehead atoms. The fraction of sp³-hybridized carbons (Fsp3) is 0.300. The van der Waals surface area contributed by atoms with E-state index in [2.05, 4.69) is 0 Å². The molecule has 1 aromatic carbocycles. The molecule has 1 aromatic rings. The molecule has 0 saturated carbocycles. The Morgan fingerprint density at radius 3 is 2.88 bits per heavy atom. The van der Waals surface area contributed by atoms with E-state index in [4.69, 9.17) is 5.26 Å². The van der Waals surface area contributed by atoms with Crippen LogP contribution < -0.4 is 4.90 Å². The van der Waals surface area contributed by atoms with Gasteiger partial charge in [-0.25, -0.2) is 4.39 Å². The fourth-order valence-electron chi connectivity index (χ4n) is 1.29. The number of nitriles is 1. The van der Waals surface area contributed by atoms with Crippen molar-refractivity contribution in [1.82, 2.24) is 0 Å². The van der Waals surface area contributed by atoms with Crippen molar-refractivity contribution in [3.63, 3.8) is 0 Å². The topological polar surface area (TPSA) is 70.2 Å². The monoisotopic (exact) mass is 223 g/mol. The van der Waals surface area contributed by atoms with Gasteiger partial charge in [-0.3, -0.25) is 10.1 Å².